The molecule has 5 rings (SSSR count). The third-order valence-electron chi connectivity index (χ3n) is 5.72. The van der Waals surface area contributed by atoms with Gasteiger partial charge in [0.2, 0.25) is 0 Å². The molecule has 0 atom stereocenters. The molecule has 2 N–H and O–H groups in total. The van der Waals surface area contributed by atoms with Crippen LogP contribution in [0.25, 0.3) is 21.8 Å². The lowest BCUT2D eigenvalue weighted by molar-refractivity contribution is 0.0950. The molecule has 0 unspecified atom stereocenters. The topological polar surface area (TPSA) is 118 Å². The summed E-state index contributed by atoms with van der Waals surface area (Å²) in [6.45, 7) is 0.0495. The average molecular weight is 460 g/mol. The van der Waals surface area contributed by atoms with E-state index in [1.165, 1.54) is 18.5 Å². The Labute approximate surface area is 199 Å². The molecular weight excluding hydrogens is 443 g/mol. The summed E-state index contributed by atoms with van der Waals surface area (Å²) >= 11 is 0. The maximum atomic E-state index is 14.4. The zero-order chi connectivity index (χ0) is 24.4. The summed E-state index contributed by atoms with van der Waals surface area (Å²) in [7, 11) is 0. The van der Waals surface area contributed by atoms with E-state index in [1.807, 2.05) is 12.1 Å². The number of pyridine rings is 2. The van der Waals surface area contributed by atoms with Crippen LogP contribution in [0.2, 0.25) is 0 Å². The summed E-state index contributed by atoms with van der Waals surface area (Å²) in [5, 5.41) is 23.0. The van der Waals surface area contributed by atoms with Crippen molar-refractivity contribution in [3.63, 3.8) is 0 Å². The quantitative estimate of drug-likeness (QED) is 0.400. The van der Waals surface area contributed by atoms with Crippen LogP contribution >= 0.6 is 0 Å². The predicted octanol–water partition coefficient (Wildman–Crippen LogP) is 4.51. The van der Waals surface area contributed by atoms with Crippen LogP contribution in [0.1, 0.15) is 38.3 Å². The lowest BCUT2D eigenvalue weighted by Gasteiger charge is -2.09. The number of carbonyl (C=O) groups excluding carboxylic acids is 1. The Hall–Kier alpha value is -5.08. The zero-order valence-electron chi connectivity index (χ0n) is 18.3. The number of aromatic amines is 1. The number of nitriles is 2. The summed E-state index contributed by atoms with van der Waals surface area (Å²) in [6.07, 6.45) is 5.09. The number of nitrogens with zero attached hydrogens (tertiary/aromatic N) is 4. The molecule has 3 heterocycles. The first-order valence-corrected chi connectivity index (χ1v) is 10.8. The van der Waals surface area contributed by atoms with E-state index in [-0.39, 0.29) is 12.5 Å². The van der Waals surface area contributed by atoms with Gasteiger partial charge in [0.25, 0.3) is 5.91 Å². The standard InChI is InChI=1S/C27H17FN6O/c28-24-11-25-18(1-4-32-25)9-22(24)15-34-27(35)19-2-3-31-23(10-19)8-16-5-20-7-17(12-29)14-33-26(20)21(6-16)13-30/h1-7,9-11,14,32H,8,15H2,(H,34,35). The average Bonchev–Trinajstić information content (AvgIpc) is 3.33. The third-order valence-corrected chi connectivity index (χ3v) is 5.72. The molecule has 168 valence electrons. The van der Waals surface area contributed by atoms with Gasteiger partial charge in [0, 0.05) is 59.3 Å². The molecule has 0 bridgehead atoms. The minimum absolute atomic E-state index is 0.0495. The highest BCUT2D eigenvalue weighted by atomic mass is 19.1. The number of fused-ring (bicyclic) bond motifs is 2. The third kappa shape index (κ3) is 4.41. The van der Waals surface area contributed by atoms with Gasteiger partial charge in [-0.15, -0.1) is 0 Å². The molecule has 0 saturated heterocycles. The number of hydrogen-bond acceptors (Lipinski definition) is 5. The monoisotopic (exact) mass is 460 g/mol. The molecule has 0 aliphatic rings. The minimum atomic E-state index is -0.394. The highest BCUT2D eigenvalue weighted by Crippen LogP contribution is 2.22. The van der Waals surface area contributed by atoms with Crippen molar-refractivity contribution in [1.82, 2.24) is 20.3 Å². The summed E-state index contributed by atoms with van der Waals surface area (Å²) in [5.74, 6) is -0.740. The summed E-state index contributed by atoms with van der Waals surface area (Å²) in [4.78, 5) is 24.3. The number of H-pyrrole nitrogens is 1. The van der Waals surface area contributed by atoms with Crippen LogP contribution in [0.4, 0.5) is 4.39 Å². The first-order chi connectivity index (χ1) is 17.0. The second-order valence-electron chi connectivity index (χ2n) is 8.07. The van der Waals surface area contributed by atoms with Crippen molar-refractivity contribution in [1.29, 1.82) is 10.5 Å². The molecule has 0 spiro atoms. The SMILES string of the molecule is N#Cc1cnc2c(C#N)cc(Cc3cc(C(=O)NCc4cc5cc[nH]c5cc4F)ccn3)cc2c1. The number of aromatic nitrogens is 3. The molecule has 35 heavy (non-hydrogen) atoms. The molecule has 0 saturated carbocycles. The van der Waals surface area contributed by atoms with Crippen molar-refractivity contribution < 1.29 is 9.18 Å². The van der Waals surface area contributed by atoms with Gasteiger partial charge in [-0.3, -0.25) is 14.8 Å². The summed E-state index contributed by atoms with van der Waals surface area (Å²) in [5.41, 5.74) is 4.26. The Morgan fingerprint density at radius 1 is 1.03 bits per heavy atom. The second-order valence-corrected chi connectivity index (χ2v) is 8.07. The van der Waals surface area contributed by atoms with E-state index >= 15 is 0 Å². The highest BCUT2D eigenvalue weighted by Gasteiger charge is 2.12. The number of hydrogen-bond donors (Lipinski definition) is 2. The molecule has 0 aliphatic carbocycles. The molecule has 0 aliphatic heterocycles. The maximum absolute atomic E-state index is 14.4. The Balaban J connectivity index is 1.35. The Morgan fingerprint density at radius 2 is 1.91 bits per heavy atom. The van der Waals surface area contributed by atoms with Gasteiger partial charge in [-0.1, -0.05) is 0 Å². The smallest absolute Gasteiger partial charge is 0.251 e. The highest BCUT2D eigenvalue weighted by molar-refractivity contribution is 5.94. The lowest BCUT2D eigenvalue weighted by Crippen LogP contribution is -2.23. The van der Waals surface area contributed by atoms with Gasteiger partial charge in [0.1, 0.15) is 18.0 Å². The Bertz CT molecular complexity index is 1690. The van der Waals surface area contributed by atoms with Gasteiger partial charge in [-0.2, -0.15) is 10.5 Å². The molecule has 8 heteroatoms. The first-order valence-electron chi connectivity index (χ1n) is 10.8. The van der Waals surface area contributed by atoms with Gasteiger partial charge in [0.15, 0.2) is 0 Å². The number of halogens is 1. The Kier molecular flexibility index (Phi) is 5.62. The molecule has 1 amide bonds. The van der Waals surface area contributed by atoms with Crippen molar-refractivity contribution in [2.75, 3.05) is 0 Å². The summed E-state index contributed by atoms with van der Waals surface area (Å²) < 4.78 is 14.4. The van der Waals surface area contributed by atoms with E-state index in [2.05, 4.69) is 32.4 Å². The minimum Gasteiger partial charge on any atom is -0.361 e. The van der Waals surface area contributed by atoms with E-state index in [0.717, 1.165) is 10.9 Å². The van der Waals surface area contributed by atoms with Crippen LogP contribution in [0.5, 0.6) is 0 Å². The number of benzene rings is 2. The van der Waals surface area contributed by atoms with E-state index in [9.17, 15) is 14.4 Å². The van der Waals surface area contributed by atoms with E-state index in [4.69, 9.17) is 5.26 Å². The Morgan fingerprint density at radius 3 is 2.74 bits per heavy atom. The zero-order valence-corrected chi connectivity index (χ0v) is 18.3. The molecule has 3 aromatic heterocycles. The van der Waals surface area contributed by atoms with E-state index in [1.54, 1.807) is 36.5 Å². The largest absolute Gasteiger partial charge is 0.361 e. The van der Waals surface area contributed by atoms with Crippen LogP contribution in [-0.4, -0.2) is 20.9 Å². The van der Waals surface area contributed by atoms with Crippen LogP contribution in [0, 0.1) is 28.5 Å². The number of rotatable bonds is 5. The van der Waals surface area contributed by atoms with Gasteiger partial charge < -0.3 is 10.3 Å². The van der Waals surface area contributed by atoms with E-state index in [0.29, 0.717) is 50.8 Å². The fourth-order valence-corrected chi connectivity index (χ4v) is 4.02. The van der Waals surface area contributed by atoms with Crippen LogP contribution in [0.3, 0.4) is 0 Å². The molecular formula is C27H17FN6O. The lowest BCUT2D eigenvalue weighted by atomic mass is 10.0. The molecule has 2 aromatic carbocycles. The van der Waals surface area contributed by atoms with Gasteiger partial charge in [-0.05, 0) is 59.5 Å². The predicted molar refractivity (Wildman–Crippen MR) is 128 cm³/mol. The first kappa shape index (κ1) is 21.7. The van der Waals surface area contributed by atoms with Crippen LogP contribution in [0.15, 0.2) is 67.1 Å². The van der Waals surface area contributed by atoms with Gasteiger partial charge in [-0.25, -0.2) is 4.39 Å². The van der Waals surface area contributed by atoms with Crippen molar-refractivity contribution in [3.05, 3.63) is 106 Å². The van der Waals surface area contributed by atoms with Crippen molar-refractivity contribution in [2.24, 2.45) is 0 Å². The van der Waals surface area contributed by atoms with Crippen molar-refractivity contribution >= 4 is 27.7 Å². The molecule has 5 aromatic rings. The number of nitrogens with one attached hydrogen (secondary N) is 2. The molecule has 7 nitrogen and oxygen atoms in total. The van der Waals surface area contributed by atoms with Crippen LogP contribution < -0.4 is 5.32 Å². The van der Waals surface area contributed by atoms with Crippen LogP contribution in [-0.2, 0) is 13.0 Å². The summed E-state index contributed by atoms with van der Waals surface area (Å²) in [6, 6.07) is 17.7. The van der Waals surface area contributed by atoms with Gasteiger partial charge in [0.05, 0.1) is 16.6 Å². The van der Waals surface area contributed by atoms with E-state index < -0.39 is 5.82 Å². The van der Waals surface area contributed by atoms with Crippen molar-refractivity contribution in [3.8, 4) is 12.1 Å². The number of carbonyl (C=O) groups is 1. The number of amides is 1. The molecule has 0 radical (unpaired) electrons. The fourth-order valence-electron chi connectivity index (χ4n) is 4.02. The second kappa shape index (κ2) is 9.05. The maximum Gasteiger partial charge on any atom is 0.251 e. The fraction of sp³-hybridized carbons (Fsp3) is 0.0741. The normalized spacial score (nSPS) is 10.7. The van der Waals surface area contributed by atoms with Crippen molar-refractivity contribution in [2.45, 2.75) is 13.0 Å². The van der Waals surface area contributed by atoms with Gasteiger partial charge >= 0.3 is 0 Å². The molecule has 0 fully saturated rings.